The highest BCUT2D eigenvalue weighted by Gasteiger charge is 2.19. The maximum absolute atomic E-state index is 12.8. The number of hydrogen-bond donors (Lipinski definition) is 3. The van der Waals surface area contributed by atoms with E-state index in [1.807, 2.05) is 6.92 Å². The molecule has 9 heteroatoms. The number of sulfonamides is 1. The molecule has 0 radical (unpaired) electrons. The van der Waals surface area contributed by atoms with E-state index in [2.05, 4.69) is 15.4 Å². The molecular formula is C19H26ClN3O4S. The van der Waals surface area contributed by atoms with Crippen LogP contribution in [0.4, 0.5) is 5.69 Å². The number of aryl methyl sites for hydroxylation is 1. The molecular weight excluding hydrogens is 402 g/mol. The van der Waals surface area contributed by atoms with Crippen molar-refractivity contribution >= 4 is 34.0 Å². The van der Waals surface area contributed by atoms with E-state index in [4.69, 9.17) is 4.74 Å². The average molecular weight is 428 g/mol. The largest absolute Gasteiger partial charge is 0.495 e. The van der Waals surface area contributed by atoms with E-state index in [-0.39, 0.29) is 29.3 Å². The summed E-state index contributed by atoms with van der Waals surface area (Å²) in [5.74, 6) is 0.0937. The first-order chi connectivity index (χ1) is 12.8. The molecule has 1 amide bonds. The Labute approximate surface area is 172 Å². The average Bonchev–Trinajstić information content (AvgIpc) is 2.66. The van der Waals surface area contributed by atoms with E-state index in [1.165, 1.54) is 19.2 Å². The van der Waals surface area contributed by atoms with Crippen LogP contribution in [0, 0.1) is 6.92 Å². The summed E-state index contributed by atoms with van der Waals surface area (Å²) in [6.45, 7) is 4.14. The Morgan fingerprint density at radius 2 is 1.86 bits per heavy atom. The van der Waals surface area contributed by atoms with Crippen LogP contribution in [-0.4, -0.2) is 41.1 Å². The van der Waals surface area contributed by atoms with Gasteiger partial charge in [-0.15, -0.1) is 12.4 Å². The number of hydrogen-bond acceptors (Lipinski definition) is 5. The van der Waals surface area contributed by atoms with Gasteiger partial charge in [0.25, 0.3) is 15.9 Å². The number of para-hydroxylation sites is 2. The second kappa shape index (κ2) is 10.3. The number of methoxy groups -OCH3 is 1. The zero-order valence-corrected chi connectivity index (χ0v) is 17.9. The molecule has 0 fully saturated rings. The SMILES string of the molecule is CNC(C)CNC(=O)c1cc(S(=O)(=O)Nc2ccccc2OC)ccc1C.Cl. The van der Waals surface area contributed by atoms with Gasteiger partial charge in [0.05, 0.1) is 17.7 Å². The molecule has 0 aliphatic heterocycles. The molecule has 7 nitrogen and oxygen atoms in total. The maximum Gasteiger partial charge on any atom is 0.262 e. The number of carbonyl (C=O) groups is 1. The highest BCUT2D eigenvalue weighted by atomic mass is 35.5. The first kappa shape index (κ1) is 23.7. The molecule has 1 atom stereocenters. The Kier molecular flexibility index (Phi) is 8.74. The van der Waals surface area contributed by atoms with Gasteiger partial charge in [-0.05, 0) is 50.7 Å². The summed E-state index contributed by atoms with van der Waals surface area (Å²) in [4.78, 5) is 12.5. The van der Waals surface area contributed by atoms with Crippen LogP contribution in [0.5, 0.6) is 5.75 Å². The van der Waals surface area contributed by atoms with Gasteiger partial charge in [-0.1, -0.05) is 18.2 Å². The van der Waals surface area contributed by atoms with Gasteiger partial charge in [-0.25, -0.2) is 8.42 Å². The normalized spacial score (nSPS) is 11.9. The molecule has 0 aliphatic carbocycles. The fourth-order valence-electron chi connectivity index (χ4n) is 2.39. The zero-order chi connectivity index (χ0) is 20.0. The number of carbonyl (C=O) groups excluding carboxylic acids is 1. The van der Waals surface area contributed by atoms with Crippen molar-refractivity contribution in [3.8, 4) is 5.75 Å². The Hall–Kier alpha value is -2.29. The summed E-state index contributed by atoms with van der Waals surface area (Å²) < 4.78 is 33.2. The van der Waals surface area contributed by atoms with Crippen LogP contribution >= 0.6 is 12.4 Å². The number of benzene rings is 2. The zero-order valence-electron chi connectivity index (χ0n) is 16.3. The summed E-state index contributed by atoms with van der Waals surface area (Å²) in [6.07, 6.45) is 0. The standard InChI is InChI=1S/C19H25N3O4S.ClH/c1-13-9-10-15(11-16(13)19(23)21-12-14(2)20-3)27(24,25)22-17-7-5-6-8-18(17)26-4;/h5-11,14,20,22H,12H2,1-4H3,(H,21,23);1H. The molecule has 1 unspecified atom stereocenters. The molecule has 0 bridgehead atoms. The number of anilines is 1. The summed E-state index contributed by atoms with van der Waals surface area (Å²) >= 11 is 0. The van der Waals surface area contributed by atoms with E-state index < -0.39 is 10.0 Å². The molecule has 2 aromatic rings. The quantitative estimate of drug-likeness (QED) is 0.601. The third-order valence-corrected chi connectivity index (χ3v) is 5.54. The molecule has 2 rings (SSSR count). The van der Waals surface area contributed by atoms with Crippen LogP contribution in [0.1, 0.15) is 22.8 Å². The smallest absolute Gasteiger partial charge is 0.262 e. The van der Waals surface area contributed by atoms with E-state index >= 15 is 0 Å². The Bertz CT molecular complexity index is 919. The van der Waals surface area contributed by atoms with Crippen molar-refractivity contribution in [3.63, 3.8) is 0 Å². The van der Waals surface area contributed by atoms with Gasteiger partial charge in [0, 0.05) is 18.2 Å². The molecule has 154 valence electrons. The molecule has 0 aliphatic rings. The Balaban J connectivity index is 0.00000392. The van der Waals surface area contributed by atoms with Crippen molar-refractivity contribution in [2.24, 2.45) is 0 Å². The number of rotatable bonds is 8. The van der Waals surface area contributed by atoms with Gasteiger partial charge in [0.2, 0.25) is 0 Å². The minimum atomic E-state index is -3.88. The number of nitrogens with one attached hydrogen (secondary N) is 3. The maximum atomic E-state index is 12.8. The molecule has 0 saturated heterocycles. The van der Waals surface area contributed by atoms with Gasteiger partial charge < -0.3 is 15.4 Å². The highest BCUT2D eigenvalue weighted by Crippen LogP contribution is 2.26. The lowest BCUT2D eigenvalue weighted by Gasteiger charge is -2.15. The van der Waals surface area contributed by atoms with E-state index in [1.54, 1.807) is 44.3 Å². The van der Waals surface area contributed by atoms with E-state index in [9.17, 15) is 13.2 Å². The first-order valence-electron chi connectivity index (χ1n) is 8.50. The second-order valence-corrected chi connectivity index (χ2v) is 7.86. The van der Waals surface area contributed by atoms with Crippen LogP contribution in [0.3, 0.4) is 0 Å². The molecule has 28 heavy (non-hydrogen) atoms. The molecule has 0 aromatic heterocycles. The minimum absolute atomic E-state index is 0. The van der Waals surface area contributed by atoms with Gasteiger partial charge >= 0.3 is 0 Å². The topological polar surface area (TPSA) is 96.5 Å². The Morgan fingerprint density at radius 3 is 2.50 bits per heavy atom. The predicted octanol–water partition coefficient (Wildman–Crippen LogP) is 2.56. The van der Waals surface area contributed by atoms with Crippen molar-refractivity contribution in [2.75, 3.05) is 25.4 Å². The minimum Gasteiger partial charge on any atom is -0.495 e. The third-order valence-electron chi connectivity index (χ3n) is 4.18. The second-order valence-electron chi connectivity index (χ2n) is 6.18. The third kappa shape index (κ3) is 5.85. The van der Waals surface area contributed by atoms with Crippen LogP contribution in [-0.2, 0) is 10.0 Å². The van der Waals surface area contributed by atoms with Crippen LogP contribution in [0.15, 0.2) is 47.4 Å². The molecule has 0 saturated carbocycles. The molecule has 2 aromatic carbocycles. The van der Waals surface area contributed by atoms with Gasteiger partial charge in [0.15, 0.2) is 0 Å². The van der Waals surface area contributed by atoms with Crippen molar-refractivity contribution in [2.45, 2.75) is 24.8 Å². The van der Waals surface area contributed by atoms with E-state index in [0.29, 0.717) is 29.1 Å². The summed E-state index contributed by atoms with van der Waals surface area (Å²) in [5, 5.41) is 5.83. The molecule has 3 N–H and O–H groups in total. The van der Waals surface area contributed by atoms with Crippen molar-refractivity contribution in [3.05, 3.63) is 53.6 Å². The van der Waals surface area contributed by atoms with Crippen LogP contribution < -0.4 is 20.1 Å². The van der Waals surface area contributed by atoms with Gasteiger partial charge in [-0.2, -0.15) is 0 Å². The summed E-state index contributed by atoms with van der Waals surface area (Å²) in [7, 11) is -0.607. The fraction of sp³-hybridized carbons (Fsp3) is 0.316. The van der Waals surface area contributed by atoms with Crippen molar-refractivity contribution in [1.29, 1.82) is 0 Å². The monoisotopic (exact) mass is 427 g/mol. The Morgan fingerprint density at radius 1 is 1.18 bits per heavy atom. The lowest BCUT2D eigenvalue weighted by molar-refractivity contribution is 0.0949. The van der Waals surface area contributed by atoms with Gasteiger partial charge in [-0.3, -0.25) is 9.52 Å². The lowest BCUT2D eigenvalue weighted by atomic mass is 10.1. The predicted molar refractivity (Wildman–Crippen MR) is 113 cm³/mol. The lowest BCUT2D eigenvalue weighted by Crippen LogP contribution is -2.37. The molecule has 0 heterocycles. The van der Waals surface area contributed by atoms with Gasteiger partial charge in [0.1, 0.15) is 5.75 Å². The first-order valence-corrected chi connectivity index (χ1v) is 9.98. The van der Waals surface area contributed by atoms with Crippen LogP contribution in [0.2, 0.25) is 0 Å². The summed E-state index contributed by atoms with van der Waals surface area (Å²) in [5.41, 5.74) is 1.34. The number of amides is 1. The number of halogens is 1. The highest BCUT2D eigenvalue weighted by molar-refractivity contribution is 7.92. The van der Waals surface area contributed by atoms with Crippen molar-refractivity contribution < 1.29 is 17.9 Å². The van der Waals surface area contributed by atoms with Crippen molar-refractivity contribution in [1.82, 2.24) is 10.6 Å². The number of likely N-dealkylation sites (N-methyl/N-ethyl adjacent to an activating group) is 1. The number of ether oxygens (including phenoxy) is 1. The van der Waals surface area contributed by atoms with Crippen LogP contribution in [0.25, 0.3) is 0 Å². The summed E-state index contributed by atoms with van der Waals surface area (Å²) in [6, 6.07) is 11.3. The fourth-order valence-corrected chi connectivity index (χ4v) is 3.48. The molecule has 0 spiro atoms. The van der Waals surface area contributed by atoms with E-state index in [0.717, 1.165) is 0 Å².